The summed E-state index contributed by atoms with van der Waals surface area (Å²) in [7, 11) is 0.612. The van der Waals surface area contributed by atoms with Crippen molar-refractivity contribution in [1.82, 2.24) is 9.21 Å². The topological polar surface area (TPSA) is 66.6 Å². The summed E-state index contributed by atoms with van der Waals surface area (Å²) in [6.45, 7) is 2.64. The van der Waals surface area contributed by atoms with Gasteiger partial charge in [0.15, 0.2) is 0 Å². The third-order valence-corrected chi connectivity index (χ3v) is 6.00. The predicted molar refractivity (Wildman–Crippen MR) is 89.0 cm³/mol. The van der Waals surface area contributed by atoms with Crippen molar-refractivity contribution in [1.29, 1.82) is 0 Å². The number of nitrogens with zero attached hydrogens (tertiary/aromatic N) is 2. The van der Waals surface area contributed by atoms with Crippen LogP contribution in [-0.4, -0.2) is 51.4 Å². The molecule has 1 atom stereocenters. The van der Waals surface area contributed by atoms with Crippen molar-refractivity contribution in [2.75, 3.05) is 33.7 Å². The summed E-state index contributed by atoms with van der Waals surface area (Å²) in [6.07, 6.45) is 2.89. The molecule has 1 fully saturated rings. The fraction of sp³-hybridized carbons (Fsp3) is 0.625. The van der Waals surface area contributed by atoms with Crippen LogP contribution in [0.2, 0.25) is 0 Å². The molecule has 0 radical (unpaired) electrons. The molecule has 0 bridgehead atoms. The van der Waals surface area contributed by atoms with Crippen molar-refractivity contribution < 1.29 is 8.42 Å². The van der Waals surface area contributed by atoms with Crippen molar-refractivity contribution in [2.45, 2.75) is 30.7 Å². The molecule has 1 aliphatic heterocycles. The molecule has 2 rings (SSSR count). The summed E-state index contributed by atoms with van der Waals surface area (Å²) in [5, 5.41) is 0. The van der Waals surface area contributed by atoms with Gasteiger partial charge in [-0.25, -0.2) is 8.42 Å². The van der Waals surface area contributed by atoms with Crippen LogP contribution in [0.5, 0.6) is 0 Å². The summed E-state index contributed by atoms with van der Waals surface area (Å²) < 4.78 is 27.1. The number of piperidine rings is 1. The maximum Gasteiger partial charge on any atom is 0.243 e. The Kier molecular flexibility index (Phi) is 5.97. The fourth-order valence-electron chi connectivity index (χ4n) is 3.00. The van der Waals surface area contributed by atoms with Gasteiger partial charge in [0.25, 0.3) is 0 Å². The number of nitrogens with two attached hydrogens (primary N) is 1. The molecule has 22 heavy (non-hydrogen) atoms. The standard InChI is InChI=1S/C16H27N3O2S/c1-18(2)12-15-5-7-16(8-6-15)22(20,21)19-11-3-4-14(13-19)9-10-17/h5-8,14H,3-4,9-13,17H2,1-2H3. The van der Waals surface area contributed by atoms with Crippen molar-refractivity contribution in [2.24, 2.45) is 11.7 Å². The lowest BCUT2D eigenvalue weighted by Crippen LogP contribution is -2.40. The van der Waals surface area contributed by atoms with Gasteiger partial charge in [-0.05, 0) is 63.5 Å². The third kappa shape index (κ3) is 4.29. The zero-order valence-corrected chi connectivity index (χ0v) is 14.3. The first-order valence-electron chi connectivity index (χ1n) is 7.87. The van der Waals surface area contributed by atoms with Crippen molar-refractivity contribution in [3.8, 4) is 0 Å². The number of rotatable bonds is 6. The lowest BCUT2D eigenvalue weighted by Gasteiger charge is -2.31. The van der Waals surface area contributed by atoms with Crippen LogP contribution in [0, 0.1) is 5.92 Å². The molecule has 1 aromatic carbocycles. The van der Waals surface area contributed by atoms with Gasteiger partial charge in [0.2, 0.25) is 10.0 Å². The van der Waals surface area contributed by atoms with E-state index in [9.17, 15) is 8.42 Å². The van der Waals surface area contributed by atoms with Gasteiger partial charge in [-0.1, -0.05) is 12.1 Å². The van der Waals surface area contributed by atoms with E-state index in [0.29, 0.717) is 30.4 Å². The minimum atomic E-state index is -3.38. The SMILES string of the molecule is CN(C)Cc1ccc(S(=O)(=O)N2CCCC(CCN)C2)cc1. The van der Waals surface area contributed by atoms with E-state index in [4.69, 9.17) is 5.73 Å². The van der Waals surface area contributed by atoms with Crippen LogP contribution in [0.15, 0.2) is 29.2 Å². The van der Waals surface area contributed by atoms with Crippen molar-refractivity contribution >= 4 is 10.0 Å². The third-order valence-electron chi connectivity index (χ3n) is 4.12. The lowest BCUT2D eigenvalue weighted by atomic mass is 9.96. The fourth-order valence-corrected chi connectivity index (χ4v) is 4.55. The lowest BCUT2D eigenvalue weighted by molar-refractivity contribution is 0.258. The van der Waals surface area contributed by atoms with E-state index < -0.39 is 10.0 Å². The van der Waals surface area contributed by atoms with Gasteiger partial charge in [-0.3, -0.25) is 0 Å². The van der Waals surface area contributed by atoms with E-state index in [2.05, 4.69) is 4.90 Å². The normalized spacial score (nSPS) is 20.5. The Morgan fingerprint density at radius 1 is 1.27 bits per heavy atom. The Morgan fingerprint density at radius 2 is 1.95 bits per heavy atom. The average molecular weight is 325 g/mol. The van der Waals surface area contributed by atoms with Gasteiger partial charge >= 0.3 is 0 Å². The van der Waals surface area contributed by atoms with Crippen LogP contribution in [0.1, 0.15) is 24.8 Å². The maximum atomic E-state index is 12.8. The highest BCUT2D eigenvalue weighted by atomic mass is 32.2. The molecule has 2 N–H and O–H groups in total. The molecule has 1 unspecified atom stereocenters. The molecule has 1 aliphatic rings. The molecular formula is C16H27N3O2S. The molecule has 1 aromatic rings. The second-order valence-electron chi connectivity index (χ2n) is 6.33. The summed E-state index contributed by atoms with van der Waals surface area (Å²) >= 11 is 0. The van der Waals surface area contributed by atoms with Crippen LogP contribution >= 0.6 is 0 Å². The van der Waals surface area contributed by atoms with E-state index in [1.165, 1.54) is 0 Å². The molecule has 0 saturated carbocycles. The highest BCUT2D eigenvalue weighted by molar-refractivity contribution is 7.89. The number of sulfonamides is 1. The van der Waals surface area contributed by atoms with E-state index >= 15 is 0 Å². The molecule has 6 heteroatoms. The Bertz CT molecular complexity index is 568. The molecular weight excluding hydrogens is 298 g/mol. The van der Waals surface area contributed by atoms with E-state index in [-0.39, 0.29) is 0 Å². The first kappa shape index (κ1) is 17.4. The van der Waals surface area contributed by atoms with E-state index in [0.717, 1.165) is 31.4 Å². The summed E-state index contributed by atoms with van der Waals surface area (Å²) in [6, 6.07) is 7.24. The van der Waals surface area contributed by atoms with Crippen LogP contribution in [0.4, 0.5) is 0 Å². The molecule has 5 nitrogen and oxygen atoms in total. The van der Waals surface area contributed by atoms with Crippen LogP contribution < -0.4 is 5.73 Å². The summed E-state index contributed by atoms with van der Waals surface area (Å²) in [5.74, 6) is 0.390. The maximum absolute atomic E-state index is 12.8. The second kappa shape index (κ2) is 7.55. The Morgan fingerprint density at radius 3 is 2.55 bits per heavy atom. The van der Waals surface area contributed by atoms with Gasteiger partial charge in [-0.2, -0.15) is 4.31 Å². The van der Waals surface area contributed by atoms with Crippen molar-refractivity contribution in [3.63, 3.8) is 0 Å². The summed E-state index contributed by atoms with van der Waals surface area (Å²) in [5.41, 5.74) is 6.72. The highest BCUT2D eigenvalue weighted by Crippen LogP contribution is 2.25. The van der Waals surface area contributed by atoms with Crippen LogP contribution in [0.3, 0.4) is 0 Å². The molecule has 0 aromatic heterocycles. The smallest absolute Gasteiger partial charge is 0.243 e. The van der Waals surface area contributed by atoms with E-state index in [1.807, 2.05) is 26.2 Å². The van der Waals surface area contributed by atoms with Gasteiger partial charge in [0, 0.05) is 19.6 Å². The largest absolute Gasteiger partial charge is 0.330 e. The monoisotopic (exact) mass is 325 g/mol. The second-order valence-corrected chi connectivity index (χ2v) is 8.27. The molecule has 0 aliphatic carbocycles. The van der Waals surface area contributed by atoms with Gasteiger partial charge in [0.1, 0.15) is 0 Å². The minimum Gasteiger partial charge on any atom is -0.330 e. The average Bonchev–Trinajstić information content (AvgIpc) is 2.48. The molecule has 1 saturated heterocycles. The van der Waals surface area contributed by atoms with Crippen LogP contribution in [0.25, 0.3) is 0 Å². The number of hydrogen-bond acceptors (Lipinski definition) is 4. The van der Waals surface area contributed by atoms with Gasteiger partial charge in [0.05, 0.1) is 4.90 Å². The minimum absolute atomic E-state index is 0.390. The predicted octanol–water partition coefficient (Wildman–Crippen LogP) is 1.50. The zero-order valence-electron chi connectivity index (χ0n) is 13.5. The first-order valence-corrected chi connectivity index (χ1v) is 9.31. The van der Waals surface area contributed by atoms with Gasteiger partial charge in [-0.15, -0.1) is 0 Å². The Labute approximate surface area is 134 Å². The Hall–Kier alpha value is -0.950. The quantitative estimate of drug-likeness (QED) is 0.861. The van der Waals surface area contributed by atoms with E-state index in [1.54, 1.807) is 16.4 Å². The zero-order chi connectivity index (χ0) is 16.2. The number of hydrogen-bond donors (Lipinski definition) is 1. The molecule has 1 heterocycles. The van der Waals surface area contributed by atoms with Crippen molar-refractivity contribution in [3.05, 3.63) is 29.8 Å². The highest BCUT2D eigenvalue weighted by Gasteiger charge is 2.29. The van der Waals surface area contributed by atoms with Gasteiger partial charge < -0.3 is 10.6 Å². The molecule has 124 valence electrons. The Balaban J connectivity index is 2.12. The first-order chi connectivity index (χ1) is 10.4. The number of benzene rings is 1. The molecule has 0 amide bonds. The summed E-state index contributed by atoms with van der Waals surface area (Å²) in [4.78, 5) is 2.45. The van der Waals surface area contributed by atoms with Crippen LogP contribution in [-0.2, 0) is 16.6 Å². The molecule has 0 spiro atoms.